The molecule has 90 valence electrons. The van der Waals surface area contributed by atoms with Crippen LogP contribution in [0.1, 0.15) is 20.3 Å². The fourth-order valence-electron chi connectivity index (χ4n) is 1.38. The monoisotopic (exact) mass is 219 g/mol. The maximum absolute atomic E-state index is 11.1. The zero-order valence-corrected chi connectivity index (χ0v) is 9.87. The molecule has 0 aliphatic carbocycles. The molecule has 0 rings (SSSR count). The Morgan fingerprint density at radius 3 is 2.47 bits per heavy atom. The fraction of sp³-hybridized carbons (Fsp3) is 0.900. The fourth-order valence-corrected chi connectivity index (χ4v) is 1.38. The summed E-state index contributed by atoms with van der Waals surface area (Å²) in [6, 6.07) is -0.00652. The molecular weight excluding hydrogens is 198 g/mol. The molecule has 0 aromatic carbocycles. The molecule has 0 spiro atoms. The van der Waals surface area contributed by atoms with Gasteiger partial charge in [0.1, 0.15) is 5.54 Å². The van der Waals surface area contributed by atoms with Gasteiger partial charge in [-0.2, -0.15) is 0 Å². The molecule has 0 aliphatic heterocycles. The first-order valence-corrected chi connectivity index (χ1v) is 4.95. The van der Waals surface area contributed by atoms with E-state index in [-0.39, 0.29) is 6.04 Å². The number of hydrogen-bond acceptors (Lipinski definition) is 4. The summed E-state index contributed by atoms with van der Waals surface area (Å²) in [6.07, 6.45) is 0.423. The molecule has 0 aromatic rings. The van der Waals surface area contributed by atoms with Gasteiger partial charge in [-0.25, -0.2) is 0 Å². The van der Waals surface area contributed by atoms with Gasteiger partial charge >= 0.3 is 5.97 Å². The van der Waals surface area contributed by atoms with E-state index in [0.717, 1.165) is 0 Å². The third kappa shape index (κ3) is 5.11. The highest BCUT2D eigenvalue weighted by Gasteiger charge is 2.33. The predicted molar refractivity (Wildman–Crippen MR) is 57.0 cm³/mol. The van der Waals surface area contributed by atoms with Crippen molar-refractivity contribution in [3.05, 3.63) is 0 Å². The standard InChI is InChI=1S/C10H21NO4/c1-8(7-15-4)11-10(2,9(12)13)5-6-14-3/h8,11H,5-7H2,1-4H3,(H,12,13). The number of carboxylic acid groups (broad SMARTS) is 1. The molecule has 0 bridgehead atoms. The van der Waals surface area contributed by atoms with Crippen molar-refractivity contribution in [2.75, 3.05) is 27.4 Å². The van der Waals surface area contributed by atoms with E-state index >= 15 is 0 Å². The van der Waals surface area contributed by atoms with Crippen molar-refractivity contribution in [2.24, 2.45) is 0 Å². The quantitative estimate of drug-likeness (QED) is 0.622. The minimum absolute atomic E-state index is 0.00652. The van der Waals surface area contributed by atoms with Crippen molar-refractivity contribution >= 4 is 5.97 Å². The first-order valence-electron chi connectivity index (χ1n) is 4.95. The van der Waals surface area contributed by atoms with E-state index in [0.29, 0.717) is 19.6 Å². The van der Waals surface area contributed by atoms with Crippen LogP contribution in [0.15, 0.2) is 0 Å². The molecule has 0 amide bonds. The lowest BCUT2D eigenvalue weighted by molar-refractivity contribution is -0.145. The average Bonchev–Trinajstić information content (AvgIpc) is 2.14. The van der Waals surface area contributed by atoms with Crippen molar-refractivity contribution in [3.63, 3.8) is 0 Å². The zero-order chi connectivity index (χ0) is 11.9. The first kappa shape index (κ1) is 14.3. The molecule has 5 heteroatoms. The molecular formula is C10H21NO4. The van der Waals surface area contributed by atoms with Crippen LogP contribution in [0.25, 0.3) is 0 Å². The van der Waals surface area contributed by atoms with Crippen LogP contribution in [0, 0.1) is 0 Å². The average molecular weight is 219 g/mol. The lowest BCUT2D eigenvalue weighted by Crippen LogP contribution is -2.54. The van der Waals surface area contributed by atoms with Crippen molar-refractivity contribution in [1.82, 2.24) is 5.32 Å². The van der Waals surface area contributed by atoms with Crippen molar-refractivity contribution in [3.8, 4) is 0 Å². The van der Waals surface area contributed by atoms with Crippen LogP contribution in [-0.2, 0) is 14.3 Å². The Balaban J connectivity index is 4.30. The van der Waals surface area contributed by atoms with E-state index in [2.05, 4.69) is 5.32 Å². The Morgan fingerprint density at radius 1 is 1.47 bits per heavy atom. The maximum atomic E-state index is 11.1. The molecule has 2 atom stereocenters. The van der Waals surface area contributed by atoms with Crippen LogP contribution >= 0.6 is 0 Å². The molecule has 0 aromatic heterocycles. The molecule has 0 fully saturated rings. The summed E-state index contributed by atoms with van der Waals surface area (Å²) in [5.41, 5.74) is -0.964. The third-order valence-electron chi connectivity index (χ3n) is 2.26. The van der Waals surface area contributed by atoms with Gasteiger partial charge in [-0.3, -0.25) is 10.1 Å². The SMILES string of the molecule is COCCC(C)(NC(C)COC)C(=O)O. The summed E-state index contributed by atoms with van der Waals surface area (Å²) >= 11 is 0. The highest BCUT2D eigenvalue weighted by atomic mass is 16.5. The van der Waals surface area contributed by atoms with E-state index in [1.54, 1.807) is 21.1 Å². The maximum Gasteiger partial charge on any atom is 0.323 e. The van der Waals surface area contributed by atoms with E-state index in [9.17, 15) is 4.79 Å². The van der Waals surface area contributed by atoms with Gasteiger partial charge in [0.05, 0.1) is 6.61 Å². The number of nitrogens with one attached hydrogen (secondary N) is 1. The summed E-state index contributed by atoms with van der Waals surface area (Å²) in [7, 11) is 3.15. The molecule has 2 unspecified atom stereocenters. The van der Waals surface area contributed by atoms with Gasteiger partial charge in [-0.15, -0.1) is 0 Å². The largest absolute Gasteiger partial charge is 0.480 e. The van der Waals surface area contributed by atoms with Gasteiger partial charge < -0.3 is 14.6 Å². The second-order valence-electron chi connectivity index (χ2n) is 3.88. The van der Waals surface area contributed by atoms with Crippen LogP contribution in [0.5, 0.6) is 0 Å². The lowest BCUT2D eigenvalue weighted by atomic mass is 9.97. The molecule has 5 nitrogen and oxygen atoms in total. The summed E-state index contributed by atoms with van der Waals surface area (Å²) in [5, 5.41) is 12.1. The number of carboxylic acids is 1. The van der Waals surface area contributed by atoms with Gasteiger partial charge in [0.2, 0.25) is 0 Å². The number of aliphatic carboxylic acids is 1. The molecule has 0 saturated carbocycles. The van der Waals surface area contributed by atoms with Gasteiger partial charge in [0, 0.05) is 26.9 Å². The van der Waals surface area contributed by atoms with Gasteiger partial charge in [-0.05, 0) is 20.3 Å². The predicted octanol–water partition coefficient (Wildman–Crippen LogP) is 0.491. The van der Waals surface area contributed by atoms with Crippen LogP contribution in [-0.4, -0.2) is 50.1 Å². The van der Waals surface area contributed by atoms with Gasteiger partial charge in [-0.1, -0.05) is 0 Å². The molecule has 0 radical (unpaired) electrons. The smallest absolute Gasteiger partial charge is 0.323 e. The number of carbonyl (C=O) groups is 1. The summed E-state index contributed by atoms with van der Waals surface area (Å²) in [5.74, 6) is -0.873. The van der Waals surface area contributed by atoms with Gasteiger partial charge in [0.25, 0.3) is 0 Å². The number of methoxy groups -OCH3 is 2. The minimum Gasteiger partial charge on any atom is -0.480 e. The highest BCUT2D eigenvalue weighted by molar-refractivity contribution is 5.78. The Hall–Kier alpha value is -0.650. The second-order valence-corrected chi connectivity index (χ2v) is 3.88. The lowest BCUT2D eigenvalue weighted by Gasteiger charge is -2.29. The van der Waals surface area contributed by atoms with Crippen molar-refractivity contribution in [2.45, 2.75) is 31.8 Å². The Bertz CT molecular complexity index is 198. The minimum atomic E-state index is -0.964. The normalized spacial score (nSPS) is 17.1. The Morgan fingerprint density at radius 2 is 2.07 bits per heavy atom. The van der Waals surface area contributed by atoms with Gasteiger partial charge in [0.15, 0.2) is 0 Å². The Labute approximate surface area is 90.8 Å². The second kappa shape index (κ2) is 6.76. The molecule has 0 heterocycles. The summed E-state index contributed by atoms with van der Waals surface area (Å²) < 4.78 is 9.84. The Kier molecular flexibility index (Phi) is 6.47. The molecule has 0 aliphatic rings. The topological polar surface area (TPSA) is 67.8 Å². The van der Waals surface area contributed by atoms with E-state index in [1.807, 2.05) is 6.92 Å². The van der Waals surface area contributed by atoms with E-state index in [1.165, 1.54) is 0 Å². The molecule has 2 N–H and O–H groups in total. The van der Waals surface area contributed by atoms with E-state index in [4.69, 9.17) is 14.6 Å². The third-order valence-corrected chi connectivity index (χ3v) is 2.26. The highest BCUT2D eigenvalue weighted by Crippen LogP contribution is 2.11. The number of hydrogen-bond donors (Lipinski definition) is 2. The van der Waals surface area contributed by atoms with Crippen molar-refractivity contribution in [1.29, 1.82) is 0 Å². The summed E-state index contributed by atoms with van der Waals surface area (Å²) in [4.78, 5) is 11.1. The summed E-state index contributed by atoms with van der Waals surface area (Å²) in [6.45, 7) is 4.43. The van der Waals surface area contributed by atoms with Crippen molar-refractivity contribution < 1.29 is 19.4 Å². The zero-order valence-electron chi connectivity index (χ0n) is 9.87. The van der Waals surface area contributed by atoms with Crippen LogP contribution in [0.3, 0.4) is 0 Å². The van der Waals surface area contributed by atoms with Crippen LogP contribution in [0.4, 0.5) is 0 Å². The number of rotatable bonds is 8. The molecule has 0 saturated heterocycles. The van der Waals surface area contributed by atoms with Crippen LogP contribution in [0.2, 0.25) is 0 Å². The van der Waals surface area contributed by atoms with Crippen LogP contribution < -0.4 is 5.32 Å². The first-order chi connectivity index (χ1) is 6.96. The molecule has 15 heavy (non-hydrogen) atoms. The van der Waals surface area contributed by atoms with E-state index < -0.39 is 11.5 Å². The number of ether oxygens (including phenoxy) is 2.